The molecule has 2 aliphatic rings. The van der Waals surface area contributed by atoms with Crippen molar-refractivity contribution in [2.75, 3.05) is 18.0 Å². The molecule has 1 N–H and O–H groups in total. The fourth-order valence-electron chi connectivity index (χ4n) is 3.42. The Labute approximate surface area is 109 Å². The minimum atomic E-state index is -4.33. The molecule has 1 aliphatic carbocycles. The van der Waals surface area contributed by atoms with Crippen molar-refractivity contribution >= 4 is 5.69 Å². The molecule has 1 aliphatic heterocycles. The molecule has 1 aromatic carbocycles. The first kappa shape index (κ1) is 12.8. The number of anilines is 1. The number of alkyl halides is 3. The van der Waals surface area contributed by atoms with Crippen molar-refractivity contribution in [3.63, 3.8) is 0 Å². The number of rotatable bonds is 1. The molecule has 1 aromatic rings. The molecule has 0 bridgehead atoms. The van der Waals surface area contributed by atoms with E-state index in [1.54, 1.807) is 11.0 Å². The van der Waals surface area contributed by atoms with E-state index >= 15 is 0 Å². The minimum Gasteiger partial charge on any atom is -0.393 e. The van der Waals surface area contributed by atoms with Gasteiger partial charge in [-0.2, -0.15) is 13.2 Å². The molecule has 1 saturated heterocycles. The third-order valence-corrected chi connectivity index (χ3v) is 4.37. The molecule has 1 heterocycles. The maximum Gasteiger partial charge on any atom is 0.418 e. The van der Waals surface area contributed by atoms with E-state index in [9.17, 15) is 18.3 Å². The lowest BCUT2D eigenvalue weighted by atomic mass is 10.00. The van der Waals surface area contributed by atoms with Gasteiger partial charge in [0, 0.05) is 24.7 Å². The quantitative estimate of drug-likeness (QED) is 0.849. The van der Waals surface area contributed by atoms with Gasteiger partial charge in [0.05, 0.1) is 11.7 Å². The maximum atomic E-state index is 13.0. The summed E-state index contributed by atoms with van der Waals surface area (Å²) in [6.45, 7) is 1.15. The number of aliphatic hydroxyl groups is 1. The van der Waals surface area contributed by atoms with Crippen LogP contribution in [0.25, 0.3) is 0 Å². The number of para-hydroxylation sites is 1. The van der Waals surface area contributed by atoms with Crippen LogP contribution in [0.4, 0.5) is 18.9 Å². The Kier molecular flexibility index (Phi) is 2.96. The van der Waals surface area contributed by atoms with Gasteiger partial charge in [0.15, 0.2) is 0 Å². The SMILES string of the molecule is OC1CCC2CN(c3ccccc3C(F)(F)F)CC12. The van der Waals surface area contributed by atoms with E-state index in [4.69, 9.17) is 0 Å². The zero-order chi connectivity index (χ0) is 13.6. The summed E-state index contributed by atoms with van der Waals surface area (Å²) in [5.41, 5.74) is -0.332. The first-order valence-corrected chi connectivity index (χ1v) is 6.56. The van der Waals surface area contributed by atoms with Crippen LogP contribution in [-0.2, 0) is 6.18 Å². The second kappa shape index (κ2) is 4.40. The minimum absolute atomic E-state index is 0.126. The monoisotopic (exact) mass is 271 g/mol. The van der Waals surface area contributed by atoms with Crippen LogP contribution < -0.4 is 4.90 Å². The molecule has 104 valence electrons. The van der Waals surface area contributed by atoms with Crippen LogP contribution in [0.15, 0.2) is 24.3 Å². The number of aliphatic hydroxyl groups excluding tert-OH is 1. The molecular formula is C14H16F3NO. The van der Waals surface area contributed by atoms with Gasteiger partial charge >= 0.3 is 6.18 Å². The van der Waals surface area contributed by atoms with E-state index < -0.39 is 11.7 Å². The normalized spacial score (nSPS) is 30.7. The molecule has 19 heavy (non-hydrogen) atoms. The Bertz CT molecular complexity index is 474. The second-order valence-corrected chi connectivity index (χ2v) is 5.49. The van der Waals surface area contributed by atoms with Gasteiger partial charge in [0.1, 0.15) is 0 Å². The average Bonchev–Trinajstić information content (AvgIpc) is 2.91. The molecule has 0 aromatic heterocycles. The molecule has 3 unspecified atom stereocenters. The Morgan fingerprint density at radius 1 is 1.11 bits per heavy atom. The van der Waals surface area contributed by atoms with E-state index in [-0.39, 0.29) is 17.7 Å². The number of halogens is 3. The number of fused-ring (bicyclic) bond motifs is 1. The molecule has 2 fully saturated rings. The highest BCUT2D eigenvalue weighted by Crippen LogP contribution is 2.43. The van der Waals surface area contributed by atoms with E-state index in [1.165, 1.54) is 12.1 Å². The summed E-state index contributed by atoms with van der Waals surface area (Å²) >= 11 is 0. The lowest BCUT2D eigenvalue weighted by molar-refractivity contribution is -0.137. The molecule has 0 amide bonds. The molecule has 1 saturated carbocycles. The van der Waals surface area contributed by atoms with Crippen molar-refractivity contribution in [3.05, 3.63) is 29.8 Å². The molecule has 2 nitrogen and oxygen atoms in total. The fourth-order valence-corrected chi connectivity index (χ4v) is 3.42. The average molecular weight is 271 g/mol. The van der Waals surface area contributed by atoms with Crippen LogP contribution >= 0.6 is 0 Å². The lowest BCUT2D eigenvalue weighted by Crippen LogP contribution is -2.26. The molecule has 0 radical (unpaired) electrons. The molecule has 3 rings (SSSR count). The van der Waals surface area contributed by atoms with E-state index in [2.05, 4.69) is 0 Å². The van der Waals surface area contributed by atoms with Crippen molar-refractivity contribution in [3.8, 4) is 0 Å². The molecular weight excluding hydrogens is 255 g/mol. The van der Waals surface area contributed by atoms with Crippen LogP contribution in [0.3, 0.4) is 0 Å². The maximum absolute atomic E-state index is 13.0. The topological polar surface area (TPSA) is 23.5 Å². The van der Waals surface area contributed by atoms with Crippen molar-refractivity contribution in [1.82, 2.24) is 0 Å². The van der Waals surface area contributed by atoms with E-state index in [0.29, 0.717) is 19.0 Å². The zero-order valence-corrected chi connectivity index (χ0v) is 10.4. The predicted octanol–water partition coefficient (Wildman–Crippen LogP) is 2.91. The summed E-state index contributed by atoms with van der Waals surface area (Å²) in [5.74, 6) is 0.456. The third kappa shape index (κ3) is 2.20. The smallest absolute Gasteiger partial charge is 0.393 e. The van der Waals surface area contributed by atoms with Gasteiger partial charge in [0.2, 0.25) is 0 Å². The first-order valence-electron chi connectivity index (χ1n) is 6.56. The molecule has 5 heteroatoms. The second-order valence-electron chi connectivity index (χ2n) is 5.49. The first-order chi connectivity index (χ1) is 8.97. The molecule has 3 atom stereocenters. The Balaban J connectivity index is 1.88. The summed E-state index contributed by atoms with van der Waals surface area (Å²) < 4.78 is 39.0. The van der Waals surface area contributed by atoms with Gasteiger partial charge in [-0.15, -0.1) is 0 Å². The number of hydrogen-bond donors (Lipinski definition) is 1. The van der Waals surface area contributed by atoms with Gasteiger partial charge in [0.25, 0.3) is 0 Å². The zero-order valence-electron chi connectivity index (χ0n) is 10.4. The number of benzene rings is 1. The van der Waals surface area contributed by atoms with Crippen molar-refractivity contribution in [2.45, 2.75) is 25.1 Å². The van der Waals surface area contributed by atoms with Crippen LogP contribution in [-0.4, -0.2) is 24.3 Å². The van der Waals surface area contributed by atoms with Crippen LogP contribution in [0.1, 0.15) is 18.4 Å². The van der Waals surface area contributed by atoms with Gasteiger partial charge in [-0.05, 0) is 30.9 Å². The summed E-state index contributed by atoms with van der Waals surface area (Å²) in [4.78, 5) is 1.78. The van der Waals surface area contributed by atoms with Crippen LogP contribution in [0.2, 0.25) is 0 Å². The largest absolute Gasteiger partial charge is 0.418 e. The summed E-state index contributed by atoms with van der Waals surface area (Å²) in [5, 5.41) is 9.84. The highest BCUT2D eigenvalue weighted by atomic mass is 19.4. The van der Waals surface area contributed by atoms with Gasteiger partial charge in [-0.3, -0.25) is 0 Å². The number of hydrogen-bond acceptors (Lipinski definition) is 2. The van der Waals surface area contributed by atoms with Crippen molar-refractivity contribution < 1.29 is 18.3 Å². The Morgan fingerprint density at radius 3 is 2.53 bits per heavy atom. The Morgan fingerprint density at radius 2 is 1.84 bits per heavy atom. The number of nitrogens with zero attached hydrogens (tertiary/aromatic N) is 1. The summed E-state index contributed by atoms with van der Waals surface area (Å²) in [6, 6.07) is 5.70. The Hall–Kier alpha value is -1.23. The van der Waals surface area contributed by atoms with Gasteiger partial charge < -0.3 is 10.0 Å². The van der Waals surface area contributed by atoms with Crippen molar-refractivity contribution in [2.24, 2.45) is 11.8 Å². The van der Waals surface area contributed by atoms with Gasteiger partial charge in [-0.25, -0.2) is 0 Å². The van der Waals surface area contributed by atoms with Crippen LogP contribution in [0, 0.1) is 11.8 Å². The third-order valence-electron chi connectivity index (χ3n) is 4.37. The van der Waals surface area contributed by atoms with Crippen molar-refractivity contribution in [1.29, 1.82) is 0 Å². The van der Waals surface area contributed by atoms with Crippen LogP contribution in [0.5, 0.6) is 0 Å². The standard InChI is InChI=1S/C14H16F3NO/c15-14(16,17)11-3-1-2-4-12(11)18-7-9-5-6-13(19)10(9)8-18/h1-4,9-10,13,19H,5-8H2. The molecule has 0 spiro atoms. The van der Waals surface area contributed by atoms with E-state index in [0.717, 1.165) is 18.9 Å². The summed E-state index contributed by atoms with van der Waals surface area (Å²) in [6.07, 6.45) is -2.99. The predicted molar refractivity (Wildman–Crippen MR) is 65.9 cm³/mol. The van der Waals surface area contributed by atoms with Gasteiger partial charge in [-0.1, -0.05) is 12.1 Å². The summed E-state index contributed by atoms with van der Waals surface area (Å²) in [7, 11) is 0. The fraction of sp³-hybridized carbons (Fsp3) is 0.571. The highest BCUT2D eigenvalue weighted by molar-refractivity contribution is 5.56. The highest BCUT2D eigenvalue weighted by Gasteiger charge is 2.44. The lowest BCUT2D eigenvalue weighted by Gasteiger charge is -2.24. The van der Waals surface area contributed by atoms with E-state index in [1.807, 2.05) is 0 Å².